The van der Waals surface area contributed by atoms with E-state index in [-0.39, 0.29) is 18.2 Å². The number of imide groups is 1. The van der Waals surface area contributed by atoms with Gasteiger partial charge in [0.1, 0.15) is 5.01 Å². The van der Waals surface area contributed by atoms with E-state index in [9.17, 15) is 9.59 Å². The van der Waals surface area contributed by atoms with Gasteiger partial charge in [-0.3, -0.25) is 9.59 Å². The minimum Gasteiger partial charge on any atom is -0.302 e. The number of aryl methyl sites for hydroxylation is 1. The third kappa shape index (κ3) is 3.90. The van der Waals surface area contributed by atoms with Crippen molar-refractivity contribution in [3.05, 3.63) is 48.0 Å². The molecule has 1 saturated heterocycles. The van der Waals surface area contributed by atoms with Crippen LogP contribution < -0.4 is 10.2 Å². The molecule has 1 N–H and O–H groups in total. The molecule has 2 heterocycles. The monoisotopic (exact) mass is 433 g/mol. The Bertz CT molecular complexity index is 1140. The van der Waals surface area contributed by atoms with E-state index in [2.05, 4.69) is 31.3 Å². The topological polar surface area (TPSA) is 62.3 Å². The molecule has 5 nitrogen and oxygen atoms in total. The van der Waals surface area contributed by atoms with Crippen LogP contribution in [-0.2, 0) is 9.59 Å². The number of benzene rings is 2. The van der Waals surface area contributed by atoms with Gasteiger partial charge in [-0.05, 0) is 67.6 Å². The lowest BCUT2D eigenvalue weighted by molar-refractivity contribution is -0.121. The molecule has 3 atom stereocenters. The molecule has 1 saturated carbocycles. The van der Waals surface area contributed by atoms with Gasteiger partial charge in [-0.1, -0.05) is 25.8 Å². The van der Waals surface area contributed by atoms with E-state index < -0.39 is 6.04 Å². The van der Waals surface area contributed by atoms with Crippen molar-refractivity contribution >= 4 is 39.1 Å². The van der Waals surface area contributed by atoms with E-state index in [1.807, 2.05) is 30.3 Å². The van der Waals surface area contributed by atoms with Crippen LogP contribution in [0.4, 0.5) is 5.69 Å². The fourth-order valence-corrected chi connectivity index (χ4v) is 5.83. The summed E-state index contributed by atoms with van der Waals surface area (Å²) >= 11 is 1.66. The van der Waals surface area contributed by atoms with Crippen LogP contribution in [-0.4, -0.2) is 28.9 Å². The Morgan fingerprint density at radius 1 is 1.06 bits per heavy atom. The highest BCUT2D eigenvalue weighted by molar-refractivity contribution is 7.21. The lowest BCUT2D eigenvalue weighted by atomic mass is 9.85. The molecule has 2 amide bonds. The maximum atomic E-state index is 13.0. The Hall–Kier alpha value is -2.57. The molecule has 1 aromatic heterocycles. The fraction of sp³-hybridized carbons (Fsp3) is 0.400. The predicted molar refractivity (Wildman–Crippen MR) is 125 cm³/mol. The van der Waals surface area contributed by atoms with Crippen molar-refractivity contribution in [1.82, 2.24) is 10.3 Å². The lowest BCUT2D eigenvalue weighted by Gasteiger charge is -2.31. The lowest BCUT2D eigenvalue weighted by Crippen LogP contribution is -2.47. The molecule has 2 aliphatic rings. The van der Waals surface area contributed by atoms with Crippen LogP contribution in [0.25, 0.3) is 20.8 Å². The molecule has 160 valence electrons. The molecular weight excluding hydrogens is 406 g/mol. The number of nitrogens with one attached hydrogen (secondary N) is 1. The van der Waals surface area contributed by atoms with E-state index in [0.717, 1.165) is 27.2 Å². The van der Waals surface area contributed by atoms with Gasteiger partial charge < -0.3 is 5.32 Å². The van der Waals surface area contributed by atoms with Crippen LogP contribution in [0, 0.1) is 12.8 Å². The first-order valence-corrected chi connectivity index (χ1v) is 11.9. The number of amides is 2. The van der Waals surface area contributed by atoms with Crippen molar-refractivity contribution in [3.8, 4) is 10.6 Å². The molecular formula is C25H27N3O2S. The van der Waals surface area contributed by atoms with E-state index in [1.54, 1.807) is 11.3 Å². The second-order valence-electron chi connectivity index (χ2n) is 8.90. The summed E-state index contributed by atoms with van der Waals surface area (Å²) in [6.45, 7) is 4.31. The van der Waals surface area contributed by atoms with Crippen LogP contribution in [0.15, 0.2) is 42.5 Å². The smallest absolute Gasteiger partial charge is 0.251 e. The molecule has 2 fully saturated rings. The predicted octanol–water partition coefficient (Wildman–Crippen LogP) is 5.07. The summed E-state index contributed by atoms with van der Waals surface area (Å²) in [5.74, 6) is 0.280. The molecule has 1 aliphatic heterocycles. The third-order valence-corrected chi connectivity index (χ3v) is 7.66. The Morgan fingerprint density at radius 3 is 2.61 bits per heavy atom. The van der Waals surface area contributed by atoms with Gasteiger partial charge in [-0.15, -0.1) is 11.3 Å². The number of hydrogen-bond acceptors (Lipinski definition) is 5. The SMILES string of the molecule is Cc1ccc2nc(-c3ccc(N4C(=O)C[C@H](N[C@H]5CCCC[C@H]5C)C4=O)cc3)sc2c1. The molecule has 0 bridgehead atoms. The summed E-state index contributed by atoms with van der Waals surface area (Å²) in [7, 11) is 0. The second-order valence-corrected chi connectivity index (χ2v) is 9.93. The molecule has 5 rings (SSSR count). The van der Waals surface area contributed by atoms with Crippen molar-refractivity contribution in [2.24, 2.45) is 5.92 Å². The zero-order valence-electron chi connectivity index (χ0n) is 17.9. The van der Waals surface area contributed by atoms with Gasteiger partial charge in [0, 0.05) is 11.6 Å². The zero-order valence-corrected chi connectivity index (χ0v) is 18.7. The number of aromatic nitrogens is 1. The number of nitrogens with zero attached hydrogens (tertiary/aromatic N) is 2. The summed E-state index contributed by atoms with van der Waals surface area (Å²) in [5, 5.41) is 4.43. The summed E-state index contributed by atoms with van der Waals surface area (Å²) in [6.07, 6.45) is 4.94. The number of rotatable bonds is 4. The van der Waals surface area contributed by atoms with Crippen molar-refractivity contribution in [3.63, 3.8) is 0 Å². The van der Waals surface area contributed by atoms with Gasteiger partial charge in [0.15, 0.2) is 0 Å². The van der Waals surface area contributed by atoms with E-state index in [1.165, 1.54) is 29.7 Å². The summed E-state index contributed by atoms with van der Waals surface area (Å²) in [4.78, 5) is 31.8. The van der Waals surface area contributed by atoms with Crippen molar-refractivity contribution in [2.45, 2.75) is 58.0 Å². The van der Waals surface area contributed by atoms with E-state index >= 15 is 0 Å². The minimum atomic E-state index is -0.412. The number of fused-ring (bicyclic) bond motifs is 1. The molecule has 2 aromatic carbocycles. The molecule has 0 spiro atoms. The molecule has 1 aliphatic carbocycles. The standard InChI is InChI=1S/C25H27N3O2S/c1-15-7-12-20-22(13-15)31-24(27-20)17-8-10-18(11-9-17)28-23(29)14-21(25(28)30)26-19-6-4-3-5-16(19)2/h7-13,16,19,21,26H,3-6,14H2,1-2H3/t16-,19+,21+/m1/s1. The second kappa shape index (κ2) is 8.17. The first-order valence-electron chi connectivity index (χ1n) is 11.1. The van der Waals surface area contributed by atoms with Crippen molar-refractivity contribution in [1.29, 1.82) is 0 Å². The summed E-state index contributed by atoms with van der Waals surface area (Å²) in [5.41, 5.74) is 3.84. The van der Waals surface area contributed by atoms with Crippen LogP contribution in [0.5, 0.6) is 0 Å². The largest absolute Gasteiger partial charge is 0.302 e. The highest BCUT2D eigenvalue weighted by Crippen LogP contribution is 2.33. The Kier molecular flexibility index (Phi) is 5.36. The van der Waals surface area contributed by atoms with Gasteiger partial charge in [0.25, 0.3) is 5.91 Å². The average molecular weight is 434 g/mol. The van der Waals surface area contributed by atoms with Gasteiger partial charge in [0.05, 0.1) is 28.4 Å². The number of carbonyl (C=O) groups is 2. The first-order chi connectivity index (χ1) is 15.0. The summed E-state index contributed by atoms with van der Waals surface area (Å²) in [6, 6.07) is 13.8. The fourth-order valence-electron chi connectivity index (χ4n) is 4.76. The van der Waals surface area contributed by atoms with E-state index in [0.29, 0.717) is 17.6 Å². The number of carbonyl (C=O) groups excluding carboxylic acids is 2. The van der Waals surface area contributed by atoms with Crippen LogP contribution in [0.1, 0.15) is 44.6 Å². The van der Waals surface area contributed by atoms with Gasteiger partial charge in [-0.2, -0.15) is 0 Å². The van der Waals surface area contributed by atoms with Crippen LogP contribution in [0.2, 0.25) is 0 Å². The molecule has 0 unspecified atom stereocenters. The third-order valence-electron chi connectivity index (χ3n) is 6.59. The zero-order chi connectivity index (χ0) is 21.5. The Balaban J connectivity index is 1.33. The molecule has 31 heavy (non-hydrogen) atoms. The maximum Gasteiger partial charge on any atom is 0.251 e. The normalized spacial score (nSPS) is 24.3. The quantitative estimate of drug-likeness (QED) is 0.584. The van der Waals surface area contributed by atoms with Crippen LogP contribution in [0.3, 0.4) is 0 Å². The number of hydrogen-bond donors (Lipinski definition) is 1. The number of thiazole rings is 1. The minimum absolute atomic E-state index is 0.130. The molecule has 3 aromatic rings. The van der Waals surface area contributed by atoms with Gasteiger partial charge >= 0.3 is 0 Å². The van der Waals surface area contributed by atoms with Crippen molar-refractivity contribution in [2.75, 3.05) is 4.90 Å². The summed E-state index contributed by atoms with van der Waals surface area (Å²) < 4.78 is 1.16. The van der Waals surface area contributed by atoms with Gasteiger partial charge in [0.2, 0.25) is 5.91 Å². The number of anilines is 1. The molecule has 6 heteroatoms. The van der Waals surface area contributed by atoms with E-state index in [4.69, 9.17) is 4.98 Å². The highest BCUT2D eigenvalue weighted by Gasteiger charge is 2.41. The molecule has 0 radical (unpaired) electrons. The highest BCUT2D eigenvalue weighted by atomic mass is 32.1. The Morgan fingerprint density at radius 2 is 1.84 bits per heavy atom. The average Bonchev–Trinajstić information content (AvgIpc) is 3.30. The maximum absolute atomic E-state index is 13.0. The van der Waals surface area contributed by atoms with Crippen molar-refractivity contribution < 1.29 is 9.59 Å². The first kappa shape index (κ1) is 20.3. The van der Waals surface area contributed by atoms with Crippen LogP contribution >= 0.6 is 11.3 Å². The van der Waals surface area contributed by atoms with Gasteiger partial charge in [-0.25, -0.2) is 9.88 Å². The Labute approximate surface area is 186 Å².